The SMILES string of the molecule is O=CO.Oc1ccccc1O[C@@H](c1ccccc1)[C@@H]1CNCCO1. The first-order chi connectivity index (χ1) is 11.8. The van der Waals surface area contributed by atoms with Gasteiger partial charge in [-0.1, -0.05) is 42.5 Å². The van der Waals surface area contributed by atoms with Gasteiger partial charge in [-0.15, -0.1) is 0 Å². The van der Waals surface area contributed by atoms with E-state index in [0.717, 1.165) is 18.7 Å². The molecule has 3 N–H and O–H groups in total. The molecule has 0 bridgehead atoms. The maximum Gasteiger partial charge on any atom is 0.290 e. The van der Waals surface area contributed by atoms with Crippen molar-refractivity contribution in [1.29, 1.82) is 0 Å². The molecular weight excluding hydrogens is 310 g/mol. The van der Waals surface area contributed by atoms with Crippen LogP contribution >= 0.6 is 0 Å². The van der Waals surface area contributed by atoms with Gasteiger partial charge in [-0.3, -0.25) is 4.79 Å². The number of phenolic OH excluding ortho intramolecular Hbond substituents is 1. The van der Waals surface area contributed by atoms with Gasteiger partial charge in [0.25, 0.3) is 6.47 Å². The summed E-state index contributed by atoms with van der Waals surface area (Å²) >= 11 is 0. The Morgan fingerprint density at radius 1 is 1.17 bits per heavy atom. The third kappa shape index (κ3) is 4.97. The Morgan fingerprint density at radius 3 is 2.46 bits per heavy atom. The number of phenols is 1. The first kappa shape index (κ1) is 17.8. The second-order valence-electron chi connectivity index (χ2n) is 5.14. The van der Waals surface area contributed by atoms with E-state index in [1.165, 1.54) is 0 Å². The molecule has 0 aromatic heterocycles. The summed E-state index contributed by atoms with van der Waals surface area (Å²) in [6, 6.07) is 17.0. The maximum absolute atomic E-state index is 9.92. The quantitative estimate of drug-likeness (QED) is 0.745. The third-order valence-electron chi connectivity index (χ3n) is 3.54. The molecule has 6 heteroatoms. The Morgan fingerprint density at radius 2 is 1.83 bits per heavy atom. The van der Waals surface area contributed by atoms with Gasteiger partial charge in [0.15, 0.2) is 17.6 Å². The molecule has 128 valence electrons. The highest BCUT2D eigenvalue weighted by molar-refractivity contribution is 5.38. The van der Waals surface area contributed by atoms with Crippen LogP contribution in [0.2, 0.25) is 0 Å². The molecule has 0 amide bonds. The van der Waals surface area contributed by atoms with Gasteiger partial charge in [-0.05, 0) is 17.7 Å². The van der Waals surface area contributed by atoms with Crippen LogP contribution < -0.4 is 10.1 Å². The molecule has 0 radical (unpaired) electrons. The molecule has 1 saturated heterocycles. The molecule has 24 heavy (non-hydrogen) atoms. The van der Waals surface area contributed by atoms with E-state index in [-0.39, 0.29) is 24.4 Å². The number of morpholine rings is 1. The Hall–Kier alpha value is -2.57. The molecule has 1 aliphatic heterocycles. The summed E-state index contributed by atoms with van der Waals surface area (Å²) in [5, 5.41) is 20.1. The van der Waals surface area contributed by atoms with Crippen molar-refractivity contribution in [3.63, 3.8) is 0 Å². The lowest BCUT2D eigenvalue weighted by atomic mass is 10.0. The zero-order chi connectivity index (χ0) is 17.2. The Balaban J connectivity index is 0.000000647. The molecule has 2 aromatic rings. The molecule has 3 rings (SSSR count). The number of rotatable bonds is 4. The standard InChI is InChI=1S/C17H19NO3.CH2O2/c19-14-8-4-5-9-15(14)21-17(13-6-2-1-3-7-13)16-12-18-10-11-20-16;2-1-3/h1-9,16-19H,10-12H2;1H,(H,2,3)/t16-,17-;/m0./s1. The second-order valence-corrected chi connectivity index (χ2v) is 5.14. The first-order valence-corrected chi connectivity index (χ1v) is 7.66. The summed E-state index contributed by atoms with van der Waals surface area (Å²) in [6.45, 7) is 2.00. The van der Waals surface area contributed by atoms with Crippen molar-refractivity contribution in [3.05, 3.63) is 60.2 Å². The molecule has 2 atom stereocenters. The first-order valence-electron chi connectivity index (χ1n) is 7.66. The third-order valence-corrected chi connectivity index (χ3v) is 3.54. The molecule has 0 unspecified atom stereocenters. The van der Waals surface area contributed by atoms with E-state index in [1.54, 1.807) is 18.2 Å². The predicted molar refractivity (Wildman–Crippen MR) is 89.2 cm³/mol. The van der Waals surface area contributed by atoms with Crippen LogP contribution in [0, 0.1) is 0 Å². The summed E-state index contributed by atoms with van der Waals surface area (Å²) in [5.74, 6) is 0.614. The molecule has 0 saturated carbocycles. The number of carboxylic acid groups (broad SMARTS) is 1. The summed E-state index contributed by atoms with van der Waals surface area (Å²) < 4.78 is 11.9. The number of hydrogen-bond acceptors (Lipinski definition) is 5. The number of aromatic hydroxyl groups is 1. The normalized spacial score (nSPS) is 17.9. The summed E-state index contributed by atoms with van der Waals surface area (Å²) in [7, 11) is 0. The largest absolute Gasteiger partial charge is 0.504 e. The van der Waals surface area contributed by atoms with Crippen LogP contribution in [0.1, 0.15) is 11.7 Å². The molecule has 1 heterocycles. The fourth-order valence-corrected chi connectivity index (χ4v) is 2.48. The van der Waals surface area contributed by atoms with Gasteiger partial charge in [0.1, 0.15) is 6.10 Å². The number of benzene rings is 2. The number of carbonyl (C=O) groups is 1. The highest BCUT2D eigenvalue weighted by atomic mass is 16.5. The molecule has 6 nitrogen and oxygen atoms in total. The Labute approximate surface area is 140 Å². The summed E-state index contributed by atoms with van der Waals surface area (Å²) in [5.41, 5.74) is 1.04. The fraction of sp³-hybridized carbons (Fsp3) is 0.278. The van der Waals surface area contributed by atoms with Gasteiger partial charge >= 0.3 is 0 Å². The van der Waals surface area contributed by atoms with Crippen molar-refractivity contribution in [3.8, 4) is 11.5 Å². The Kier molecular flexibility index (Phi) is 7.07. The molecule has 1 fully saturated rings. The van der Waals surface area contributed by atoms with Crippen molar-refractivity contribution in [1.82, 2.24) is 5.32 Å². The minimum Gasteiger partial charge on any atom is -0.504 e. The average Bonchev–Trinajstić information content (AvgIpc) is 2.63. The molecule has 0 aliphatic carbocycles. The number of hydrogen-bond donors (Lipinski definition) is 3. The molecule has 1 aliphatic rings. The number of para-hydroxylation sites is 2. The van der Waals surface area contributed by atoms with Crippen molar-refractivity contribution >= 4 is 6.47 Å². The van der Waals surface area contributed by atoms with Gasteiger partial charge in [0, 0.05) is 13.1 Å². The van der Waals surface area contributed by atoms with Crippen LogP contribution in [-0.4, -0.2) is 42.5 Å². The average molecular weight is 331 g/mol. The van der Waals surface area contributed by atoms with Crippen LogP contribution in [-0.2, 0) is 9.53 Å². The highest BCUT2D eigenvalue weighted by Gasteiger charge is 2.28. The minimum atomic E-state index is -0.257. The van der Waals surface area contributed by atoms with E-state index >= 15 is 0 Å². The van der Waals surface area contributed by atoms with Gasteiger partial charge in [0.05, 0.1) is 6.61 Å². The van der Waals surface area contributed by atoms with Gasteiger partial charge in [-0.25, -0.2) is 0 Å². The lowest BCUT2D eigenvalue weighted by Gasteiger charge is -2.31. The maximum atomic E-state index is 9.92. The van der Waals surface area contributed by atoms with Crippen molar-refractivity contribution in [2.24, 2.45) is 0 Å². The topological polar surface area (TPSA) is 88.0 Å². The van der Waals surface area contributed by atoms with Crippen LogP contribution in [0.15, 0.2) is 54.6 Å². The van der Waals surface area contributed by atoms with E-state index < -0.39 is 0 Å². The smallest absolute Gasteiger partial charge is 0.290 e. The Bertz CT molecular complexity index is 614. The van der Waals surface area contributed by atoms with Crippen molar-refractivity contribution < 1.29 is 24.5 Å². The monoisotopic (exact) mass is 331 g/mol. The molecular formula is C18H21NO5. The summed E-state index contributed by atoms with van der Waals surface area (Å²) in [6.07, 6.45) is -0.340. The van der Waals surface area contributed by atoms with Crippen LogP contribution in [0.3, 0.4) is 0 Å². The zero-order valence-electron chi connectivity index (χ0n) is 13.2. The van der Waals surface area contributed by atoms with E-state index in [2.05, 4.69) is 5.32 Å². The van der Waals surface area contributed by atoms with Gasteiger partial charge < -0.3 is 25.0 Å². The number of nitrogens with one attached hydrogen (secondary N) is 1. The highest BCUT2D eigenvalue weighted by Crippen LogP contribution is 2.32. The lowest BCUT2D eigenvalue weighted by molar-refractivity contribution is -0.122. The van der Waals surface area contributed by atoms with Crippen LogP contribution in [0.4, 0.5) is 0 Å². The van der Waals surface area contributed by atoms with Crippen LogP contribution in [0.5, 0.6) is 11.5 Å². The van der Waals surface area contributed by atoms with E-state index in [0.29, 0.717) is 12.4 Å². The predicted octanol–water partition coefficient (Wildman–Crippen LogP) is 2.20. The lowest BCUT2D eigenvalue weighted by Crippen LogP contribution is -2.43. The molecule has 0 spiro atoms. The number of ether oxygens (including phenoxy) is 2. The van der Waals surface area contributed by atoms with Crippen LogP contribution in [0.25, 0.3) is 0 Å². The second kappa shape index (κ2) is 9.54. The summed E-state index contributed by atoms with van der Waals surface area (Å²) in [4.78, 5) is 8.36. The van der Waals surface area contributed by atoms with E-state index in [1.807, 2.05) is 36.4 Å². The van der Waals surface area contributed by atoms with Crippen molar-refractivity contribution in [2.45, 2.75) is 12.2 Å². The van der Waals surface area contributed by atoms with Crippen molar-refractivity contribution in [2.75, 3.05) is 19.7 Å². The van der Waals surface area contributed by atoms with Gasteiger partial charge in [0.2, 0.25) is 0 Å². The minimum absolute atomic E-state index is 0.0826. The molecule has 2 aromatic carbocycles. The fourth-order valence-electron chi connectivity index (χ4n) is 2.48. The van der Waals surface area contributed by atoms with E-state index in [4.69, 9.17) is 19.4 Å². The van der Waals surface area contributed by atoms with E-state index in [9.17, 15) is 5.11 Å². The zero-order valence-corrected chi connectivity index (χ0v) is 13.2. The van der Waals surface area contributed by atoms with Gasteiger partial charge in [-0.2, -0.15) is 0 Å².